The van der Waals surface area contributed by atoms with Crippen molar-refractivity contribution in [1.82, 2.24) is 15.2 Å². The maximum Gasteiger partial charge on any atom is 0.265 e. The van der Waals surface area contributed by atoms with E-state index < -0.39 is 11.5 Å². The maximum absolute atomic E-state index is 12.3. The molecule has 1 fully saturated rings. The Morgan fingerprint density at radius 3 is 2.56 bits per heavy atom. The number of likely N-dealkylation sites (tertiary alicyclic amines) is 1. The summed E-state index contributed by atoms with van der Waals surface area (Å²) in [5.74, 6) is -1.19. The van der Waals surface area contributed by atoms with E-state index in [1.165, 1.54) is 7.11 Å². The molecule has 1 aromatic heterocycles. The number of hydrogen-bond donors (Lipinski definition) is 5. The summed E-state index contributed by atoms with van der Waals surface area (Å²) in [4.78, 5) is 19.0. The molecular formula is C24H32N6O4. The minimum atomic E-state index is -1.08. The zero-order valence-corrected chi connectivity index (χ0v) is 19.8. The summed E-state index contributed by atoms with van der Waals surface area (Å²) in [6.07, 6.45) is 0.950. The Morgan fingerprint density at radius 2 is 1.91 bits per heavy atom. The van der Waals surface area contributed by atoms with Gasteiger partial charge in [-0.3, -0.25) is 21.0 Å². The van der Waals surface area contributed by atoms with Crippen molar-refractivity contribution < 1.29 is 19.4 Å². The van der Waals surface area contributed by atoms with Gasteiger partial charge in [0.05, 0.1) is 36.0 Å². The number of carbonyl (C=O) groups excluding carboxylic acids is 1. The molecule has 0 bridgehead atoms. The molecule has 0 saturated carbocycles. The van der Waals surface area contributed by atoms with Gasteiger partial charge < -0.3 is 24.8 Å². The Bertz CT molecular complexity index is 1090. The summed E-state index contributed by atoms with van der Waals surface area (Å²) in [6, 6.07) is 9.44. The van der Waals surface area contributed by atoms with Gasteiger partial charge in [-0.2, -0.15) is 0 Å². The van der Waals surface area contributed by atoms with Crippen LogP contribution in [0.5, 0.6) is 5.88 Å². The normalized spacial score (nSPS) is 15.7. The van der Waals surface area contributed by atoms with Crippen molar-refractivity contribution in [2.45, 2.75) is 44.8 Å². The molecule has 0 atom stereocenters. The molecule has 34 heavy (non-hydrogen) atoms. The van der Waals surface area contributed by atoms with E-state index in [9.17, 15) is 9.90 Å². The van der Waals surface area contributed by atoms with Crippen LogP contribution in [-0.2, 0) is 9.53 Å². The van der Waals surface area contributed by atoms with Gasteiger partial charge in [-0.1, -0.05) is 18.2 Å². The number of nitrogens with one attached hydrogen (secondary N) is 4. The predicted molar refractivity (Wildman–Crippen MR) is 130 cm³/mol. The van der Waals surface area contributed by atoms with Gasteiger partial charge in [-0.05, 0) is 38.8 Å². The monoisotopic (exact) mass is 468 g/mol. The molecule has 0 unspecified atom stereocenters. The number of methoxy groups -OCH3 is 1. The minimum Gasteiger partial charge on any atom is -0.480 e. The third-order valence-corrected chi connectivity index (χ3v) is 6.00. The largest absolute Gasteiger partial charge is 0.480 e. The molecule has 0 aliphatic carbocycles. The topological polar surface area (TPSA) is 155 Å². The maximum atomic E-state index is 12.3. The fraction of sp³-hybridized carbons (Fsp3) is 0.458. The van der Waals surface area contributed by atoms with Crippen molar-refractivity contribution in [3.63, 3.8) is 0 Å². The van der Waals surface area contributed by atoms with Gasteiger partial charge in [-0.15, -0.1) is 0 Å². The quantitative estimate of drug-likeness (QED) is 0.296. The molecule has 0 radical (unpaired) electrons. The molecular weight excluding hydrogens is 436 g/mol. The smallest absolute Gasteiger partial charge is 0.265 e. The van der Waals surface area contributed by atoms with Gasteiger partial charge in [0, 0.05) is 30.9 Å². The lowest BCUT2D eigenvalue weighted by Gasteiger charge is -2.40. The van der Waals surface area contributed by atoms with Crippen LogP contribution in [0, 0.1) is 16.2 Å². The van der Waals surface area contributed by atoms with Crippen molar-refractivity contribution in [2.24, 2.45) is 0 Å². The van der Waals surface area contributed by atoms with E-state index in [-0.39, 0.29) is 41.9 Å². The third-order valence-electron chi connectivity index (χ3n) is 6.00. The van der Waals surface area contributed by atoms with Crippen LogP contribution in [0.2, 0.25) is 0 Å². The van der Waals surface area contributed by atoms with E-state index in [4.69, 9.17) is 25.7 Å². The van der Waals surface area contributed by atoms with Crippen LogP contribution >= 0.6 is 0 Å². The van der Waals surface area contributed by atoms with Crippen molar-refractivity contribution in [3.05, 3.63) is 35.9 Å². The highest BCUT2D eigenvalue weighted by molar-refractivity contribution is 6.38. The fourth-order valence-corrected chi connectivity index (χ4v) is 3.94. The first-order chi connectivity index (χ1) is 16.1. The number of piperidine rings is 1. The van der Waals surface area contributed by atoms with Crippen LogP contribution in [0.1, 0.15) is 38.7 Å². The number of fused-ring (bicyclic) bond motifs is 1. The number of aliphatic hydroxyl groups is 1. The molecule has 1 aliphatic heterocycles. The Kier molecular flexibility index (Phi) is 7.95. The third kappa shape index (κ3) is 6.15. The number of aromatic nitrogens is 1. The summed E-state index contributed by atoms with van der Waals surface area (Å²) < 4.78 is 10.5. The second kappa shape index (κ2) is 10.7. The zero-order chi connectivity index (χ0) is 24.9. The molecule has 1 amide bonds. The van der Waals surface area contributed by atoms with E-state index in [1.54, 1.807) is 6.07 Å². The Morgan fingerprint density at radius 1 is 1.24 bits per heavy atom. The van der Waals surface area contributed by atoms with Crippen LogP contribution in [0.4, 0.5) is 0 Å². The highest BCUT2D eigenvalue weighted by Crippen LogP contribution is 2.27. The van der Waals surface area contributed by atoms with E-state index >= 15 is 0 Å². The molecule has 10 heteroatoms. The fourth-order valence-electron chi connectivity index (χ4n) is 3.94. The number of nitrogens with zero attached hydrogens (tertiary/aromatic N) is 2. The van der Waals surface area contributed by atoms with Gasteiger partial charge in [0.1, 0.15) is 0 Å². The lowest BCUT2D eigenvalue weighted by molar-refractivity contribution is -0.115. The van der Waals surface area contributed by atoms with E-state index in [0.29, 0.717) is 24.4 Å². The number of pyridine rings is 1. The molecule has 1 aromatic carbocycles. The second-order valence-corrected chi connectivity index (χ2v) is 8.78. The highest BCUT2D eigenvalue weighted by Gasteiger charge is 2.35. The number of rotatable bonds is 8. The Labute approximate surface area is 198 Å². The molecule has 2 heterocycles. The number of para-hydroxylation sites is 1. The molecule has 0 spiro atoms. The molecule has 1 saturated heterocycles. The van der Waals surface area contributed by atoms with Gasteiger partial charge in [-0.25, -0.2) is 4.98 Å². The van der Waals surface area contributed by atoms with Gasteiger partial charge in [0.15, 0.2) is 0 Å². The minimum absolute atomic E-state index is 0.0469. The SMILES string of the molecule is COc1nc2ccccc2cc1C(=N)OC(=N)CNC(=O)C(=N)CC1(O)CCN(C(C)C)CC1. The van der Waals surface area contributed by atoms with Crippen molar-refractivity contribution in [2.75, 3.05) is 26.7 Å². The highest BCUT2D eigenvalue weighted by atomic mass is 16.5. The first-order valence-corrected chi connectivity index (χ1v) is 11.2. The lowest BCUT2D eigenvalue weighted by atomic mass is 9.85. The summed E-state index contributed by atoms with van der Waals surface area (Å²) >= 11 is 0. The first kappa shape index (κ1) is 25.3. The standard InChI is InChI=1S/C24H32N6O4/c1-15(2)30-10-8-24(32,9-11-30)13-18(25)22(31)28-14-20(26)34-21(27)17-12-16-6-4-5-7-19(16)29-23(17)33-3/h4-7,12,15,25-27,32H,8-11,13-14H2,1-3H3,(H,28,31). The number of benzene rings is 1. The van der Waals surface area contributed by atoms with Crippen LogP contribution in [0.25, 0.3) is 10.9 Å². The van der Waals surface area contributed by atoms with Crippen LogP contribution < -0.4 is 10.1 Å². The predicted octanol–water partition coefficient (Wildman–Crippen LogP) is 2.32. The average Bonchev–Trinajstić information content (AvgIpc) is 2.81. The Balaban J connectivity index is 1.52. The van der Waals surface area contributed by atoms with Crippen molar-refractivity contribution >= 4 is 34.3 Å². The van der Waals surface area contributed by atoms with Crippen molar-refractivity contribution in [3.8, 4) is 5.88 Å². The average molecular weight is 469 g/mol. The number of amides is 1. The molecule has 5 N–H and O–H groups in total. The summed E-state index contributed by atoms with van der Waals surface area (Å²) in [5.41, 5.74) is -0.344. The van der Waals surface area contributed by atoms with Gasteiger partial charge in [0.25, 0.3) is 5.91 Å². The van der Waals surface area contributed by atoms with Crippen LogP contribution in [0.15, 0.2) is 30.3 Å². The lowest BCUT2D eigenvalue weighted by Crippen LogP contribution is -2.49. The molecule has 182 valence electrons. The van der Waals surface area contributed by atoms with Gasteiger partial charge >= 0.3 is 0 Å². The van der Waals surface area contributed by atoms with Crippen LogP contribution in [0.3, 0.4) is 0 Å². The van der Waals surface area contributed by atoms with E-state index in [0.717, 1.165) is 18.5 Å². The van der Waals surface area contributed by atoms with Crippen molar-refractivity contribution in [1.29, 1.82) is 16.2 Å². The van der Waals surface area contributed by atoms with Gasteiger partial charge in [0.2, 0.25) is 17.7 Å². The number of hydrogen-bond acceptors (Lipinski definition) is 9. The number of carbonyl (C=O) groups is 1. The second-order valence-electron chi connectivity index (χ2n) is 8.78. The summed E-state index contributed by atoms with van der Waals surface area (Å²) in [5, 5.41) is 38.3. The number of ether oxygens (including phenoxy) is 2. The molecule has 10 nitrogen and oxygen atoms in total. The molecule has 2 aromatic rings. The Hall–Kier alpha value is -3.37. The molecule has 3 rings (SSSR count). The van der Waals surface area contributed by atoms with E-state index in [2.05, 4.69) is 29.0 Å². The first-order valence-electron chi connectivity index (χ1n) is 11.2. The van der Waals surface area contributed by atoms with Crippen LogP contribution in [-0.4, -0.2) is 76.8 Å². The molecule has 1 aliphatic rings. The zero-order valence-electron chi connectivity index (χ0n) is 19.8. The van der Waals surface area contributed by atoms with E-state index in [1.807, 2.05) is 24.3 Å². The summed E-state index contributed by atoms with van der Waals surface area (Å²) in [7, 11) is 1.44. The summed E-state index contributed by atoms with van der Waals surface area (Å²) in [6.45, 7) is 5.34.